The molecule has 0 bridgehead atoms. The third-order valence-corrected chi connectivity index (χ3v) is 2.92. The molecule has 0 aliphatic heterocycles. The summed E-state index contributed by atoms with van der Waals surface area (Å²) in [7, 11) is 1.29. The van der Waals surface area contributed by atoms with E-state index in [0.717, 1.165) is 0 Å². The number of esters is 1. The van der Waals surface area contributed by atoms with Gasteiger partial charge in [-0.1, -0.05) is 12.1 Å². The summed E-state index contributed by atoms with van der Waals surface area (Å²) in [5.41, 5.74) is 0.870. The fourth-order valence-corrected chi connectivity index (χ4v) is 1.83. The van der Waals surface area contributed by atoms with Crippen molar-refractivity contribution in [3.8, 4) is 0 Å². The fraction of sp³-hybridized carbons (Fsp3) is 0.286. The van der Waals surface area contributed by atoms with E-state index in [2.05, 4.69) is 10.4 Å². The second kappa shape index (κ2) is 6.18. The van der Waals surface area contributed by atoms with Crippen LogP contribution in [0, 0.1) is 5.82 Å². The summed E-state index contributed by atoms with van der Waals surface area (Å²) in [6.45, 7) is 2.63. The number of carbonyl (C=O) groups excluding carboxylic acids is 1. The third-order valence-electron chi connectivity index (χ3n) is 2.92. The highest BCUT2D eigenvalue weighted by Gasteiger charge is 2.23. The molecule has 0 aliphatic carbocycles. The molecule has 0 saturated heterocycles. The molecule has 0 aliphatic rings. The number of methoxy groups -OCH3 is 1. The Labute approximate surface area is 116 Å². The maximum Gasteiger partial charge on any atom is 0.333 e. The number of nitrogens with zero attached hydrogens (tertiary/aromatic N) is 2. The van der Waals surface area contributed by atoms with E-state index in [0.29, 0.717) is 12.1 Å². The number of hydrogen-bond acceptors (Lipinski definition) is 4. The summed E-state index contributed by atoms with van der Waals surface area (Å²) in [6.07, 6.45) is 3.30. The first-order valence-corrected chi connectivity index (χ1v) is 6.27. The van der Waals surface area contributed by atoms with Crippen molar-refractivity contribution >= 4 is 11.7 Å². The quantitative estimate of drug-likeness (QED) is 0.852. The van der Waals surface area contributed by atoms with Crippen molar-refractivity contribution < 1.29 is 13.9 Å². The lowest BCUT2D eigenvalue weighted by Gasteiger charge is -2.16. The largest absolute Gasteiger partial charge is 0.467 e. The number of ether oxygens (including phenoxy) is 1. The molecule has 1 heterocycles. The highest BCUT2D eigenvalue weighted by Crippen LogP contribution is 2.22. The normalized spacial score (nSPS) is 11.9. The lowest BCUT2D eigenvalue weighted by Crippen LogP contribution is -2.22. The van der Waals surface area contributed by atoms with Gasteiger partial charge < -0.3 is 10.1 Å². The molecule has 20 heavy (non-hydrogen) atoms. The number of anilines is 1. The Morgan fingerprint density at radius 2 is 2.25 bits per heavy atom. The highest BCUT2D eigenvalue weighted by molar-refractivity contribution is 5.80. The number of rotatable bonds is 5. The Kier molecular flexibility index (Phi) is 4.34. The first-order chi connectivity index (χ1) is 9.65. The molecule has 2 aromatic rings. The van der Waals surface area contributed by atoms with E-state index < -0.39 is 17.8 Å². The average Bonchev–Trinajstić information content (AvgIpc) is 2.94. The van der Waals surface area contributed by atoms with Crippen LogP contribution in [0.4, 0.5) is 10.1 Å². The average molecular weight is 277 g/mol. The van der Waals surface area contributed by atoms with Crippen molar-refractivity contribution in [2.75, 3.05) is 12.4 Å². The third kappa shape index (κ3) is 2.96. The molecule has 106 valence electrons. The van der Waals surface area contributed by atoms with Crippen LogP contribution in [0.25, 0.3) is 0 Å². The molecule has 1 aromatic carbocycles. The molecular weight excluding hydrogens is 261 g/mol. The van der Waals surface area contributed by atoms with E-state index in [1.165, 1.54) is 13.2 Å². The minimum Gasteiger partial charge on any atom is -0.467 e. The number of para-hydroxylation sites is 1. The Morgan fingerprint density at radius 3 is 2.85 bits per heavy atom. The van der Waals surface area contributed by atoms with Crippen LogP contribution in [0.3, 0.4) is 0 Å². The van der Waals surface area contributed by atoms with Crippen molar-refractivity contribution in [2.24, 2.45) is 0 Å². The maximum absolute atomic E-state index is 13.7. The highest BCUT2D eigenvalue weighted by atomic mass is 19.1. The van der Waals surface area contributed by atoms with Crippen molar-refractivity contribution in [3.63, 3.8) is 0 Å². The predicted molar refractivity (Wildman–Crippen MR) is 72.7 cm³/mol. The molecule has 6 heteroatoms. The van der Waals surface area contributed by atoms with Gasteiger partial charge in [-0.05, 0) is 19.1 Å². The monoisotopic (exact) mass is 277 g/mol. The van der Waals surface area contributed by atoms with Gasteiger partial charge in [-0.2, -0.15) is 5.10 Å². The molecule has 0 fully saturated rings. The molecule has 0 radical (unpaired) electrons. The molecule has 1 aromatic heterocycles. The van der Waals surface area contributed by atoms with Crippen LogP contribution in [-0.4, -0.2) is 22.9 Å². The zero-order valence-electron chi connectivity index (χ0n) is 11.3. The molecule has 5 nitrogen and oxygen atoms in total. The van der Waals surface area contributed by atoms with Gasteiger partial charge in [0.05, 0.1) is 19.0 Å². The molecule has 1 unspecified atom stereocenters. The second-order valence-electron chi connectivity index (χ2n) is 4.21. The molecule has 1 atom stereocenters. The van der Waals surface area contributed by atoms with Crippen LogP contribution < -0.4 is 5.32 Å². The van der Waals surface area contributed by atoms with Crippen molar-refractivity contribution in [1.82, 2.24) is 9.78 Å². The fourth-order valence-electron chi connectivity index (χ4n) is 1.83. The minimum atomic E-state index is -0.794. The number of nitrogens with one attached hydrogen (secondary N) is 1. The number of carbonyl (C=O) groups is 1. The van der Waals surface area contributed by atoms with Gasteiger partial charge in [0, 0.05) is 18.3 Å². The van der Waals surface area contributed by atoms with Gasteiger partial charge >= 0.3 is 5.97 Å². The Bertz CT molecular complexity index is 598. The standard InChI is InChI=1S/C14H16FN3O2/c1-3-18-9-10(8-16-18)13(14(19)20-2)17-12-7-5-4-6-11(12)15/h4-9,13,17H,3H2,1-2H3. The van der Waals surface area contributed by atoms with E-state index in [1.807, 2.05) is 6.92 Å². The summed E-state index contributed by atoms with van der Waals surface area (Å²) in [5, 5.41) is 6.96. The maximum atomic E-state index is 13.7. The molecule has 0 spiro atoms. The van der Waals surface area contributed by atoms with Gasteiger partial charge in [-0.15, -0.1) is 0 Å². The lowest BCUT2D eigenvalue weighted by atomic mass is 10.1. The van der Waals surface area contributed by atoms with Crippen LogP contribution >= 0.6 is 0 Å². The molecule has 0 amide bonds. The SMILES string of the molecule is CCn1cc(C(Nc2ccccc2F)C(=O)OC)cn1. The van der Waals surface area contributed by atoms with E-state index in [9.17, 15) is 9.18 Å². The topological polar surface area (TPSA) is 56.2 Å². The van der Waals surface area contributed by atoms with Gasteiger partial charge in [0.25, 0.3) is 0 Å². The summed E-state index contributed by atoms with van der Waals surface area (Å²) < 4.78 is 20.1. The van der Waals surface area contributed by atoms with Crippen LogP contribution in [0.1, 0.15) is 18.5 Å². The Balaban J connectivity index is 2.29. The Morgan fingerprint density at radius 1 is 1.50 bits per heavy atom. The molecular formula is C14H16FN3O2. The summed E-state index contributed by atoms with van der Waals surface area (Å²) >= 11 is 0. The van der Waals surface area contributed by atoms with Gasteiger partial charge in [-0.25, -0.2) is 9.18 Å². The predicted octanol–water partition coefficient (Wildman–Crippen LogP) is 2.37. The van der Waals surface area contributed by atoms with Gasteiger partial charge in [0.15, 0.2) is 6.04 Å². The van der Waals surface area contributed by atoms with Crippen LogP contribution in [0.15, 0.2) is 36.7 Å². The smallest absolute Gasteiger partial charge is 0.333 e. The number of aromatic nitrogens is 2. The summed E-state index contributed by atoms with van der Waals surface area (Å²) in [4.78, 5) is 11.9. The van der Waals surface area contributed by atoms with Gasteiger partial charge in [0.1, 0.15) is 5.82 Å². The summed E-state index contributed by atoms with van der Waals surface area (Å²) in [6, 6.07) is 5.37. The van der Waals surface area contributed by atoms with Gasteiger partial charge in [-0.3, -0.25) is 4.68 Å². The number of benzene rings is 1. The zero-order chi connectivity index (χ0) is 14.5. The first-order valence-electron chi connectivity index (χ1n) is 6.27. The minimum absolute atomic E-state index is 0.243. The molecule has 1 N–H and O–H groups in total. The van der Waals surface area contributed by atoms with Crippen molar-refractivity contribution in [2.45, 2.75) is 19.5 Å². The molecule has 0 saturated carbocycles. The van der Waals surface area contributed by atoms with E-state index in [1.54, 1.807) is 35.3 Å². The summed E-state index contributed by atoms with van der Waals surface area (Å²) in [5.74, 6) is -0.923. The van der Waals surface area contributed by atoms with Crippen LogP contribution in [0.2, 0.25) is 0 Å². The first kappa shape index (κ1) is 14.0. The number of hydrogen-bond donors (Lipinski definition) is 1. The van der Waals surface area contributed by atoms with Gasteiger partial charge in [0.2, 0.25) is 0 Å². The van der Waals surface area contributed by atoms with E-state index in [4.69, 9.17) is 4.74 Å². The second-order valence-corrected chi connectivity index (χ2v) is 4.21. The van der Waals surface area contributed by atoms with E-state index in [-0.39, 0.29) is 5.69 Å². The lowest BCUT2D eigenvalue weighted by molar-refractivity contribution is -0.141. The van der Waals surface area contributed by atoms with E-state index >= 15 is 0 Å². The number of halogens is 1. The van der Waals surface area contributed by atoms with Crippen molar-refractivity contribution in [1.29, 1.82) is 0 Å². The van der Waals surface area contributed by atoms with Crippen LogP contribution in [-0.2, 0) is 16.1 Å². The van der Waals surface area contributed by atoms with Crippen LogP contribution in [0.5, 0.6) is 0 Å². The van der Waals surface area contributed by atoms with Crippen molar-refractivity contribution in [3.05, 3.63) is 48.0 Å². The number of aryl methyl sites for hydroxylation is 1. The molecule has 2 rings (SSSR count). The Hall–Kier alpha value is -2.37. The zero-order valence-corrected chi connectivity index (χ0v) is 11.3.